The summed E-state index contributed by atoms with van der Waals surface area (Å²) in [6, 6.07) is 1.75. The molecule has 1 atom stereocenters. The van der Waals surface area contributed by atoms with Gasteiger partial charge >= 0.3 is 0 Å². The van der Waals surface area contributed by atoms with Crippen LogP contribution in [0.2, 0.25) is 0 Å². The van der Waals surface area contributed by atoms with E-state index in [0.29, 0.717) is 31.2 Å². The summed E-state index contributed by atoms with van der Waals surface area (Å²) in [6.45, 7) is 0.916. The number of aliphatic hydroxyl groups is 1. The first-order valence-electron chi connectivity index (χ1n) is 5.39. The fraction of sp³-hybridized carbons (Fsp3) is 0.600. The summed E-state index contributed by atoms with van der Waals surface area (Å²) < 4.78 is 4.83. The second kappa shape index (κ2) is 6.87. The lowest BCUT2D eigenvalue weighted by Crippen LogP contribution is -2.18. The van der Waals surface area contributed by atoms with Gasteiger partial charge < -0.3 is 26.2 Å². The van der Waals surface area contributed by atoms with Crippen molar-refractivity contribution in [3.8, 4) is 0 Å². The molecule has 0 radical (unpaired) electrons. The van der Waals surface area contributed by atoms with E-state index in [1.54, 1.807) is 20.2 Å². The second-order valence-electron chi connectivity index (χ2n) is 3.57. The summed E-state index contributed by atoms with van der Waals surface area (Å²) in [4.78, 5) is 8.00. The molecular weight excluding hydrogens is 222 g/mol. The van der Waals surface area contributed by atoms with Crippen molar-refractivity contribution < 1.29 is 9.84 Å². The molecule has 17 heavy (non-hydrogen) atoms. The van der Waals surface area contributed by atoms with Crippen LogP contribution in [0.1, 0.15) is 6.42 Å². The Labute approximate surface area is 100 Å². The van der Waals surface area contributed by atoms with Gasteiger partial charge in [0.15, 0.2) is 0 Å². The highest BCUT2D eigenvalue weighted by atomic mass is 16.5. The smallest absolute Gasteiger partial charge is 0.223 e. The van der Waals surface area contributed by atoms with E-state index >= 15 is 0 Å². The Kier molecular flexibility index (Phi) is 5.44. The molecule has 0 bridgehead atoms. The fourth-order valence-corrected chi connectivity index (χ4v) is 1.33. The average molecular weight is 241 g/mol. The van der Waals surface area contributed by atoms with Crippen LogP contribution in [0.5, 0.6) is 0 Å². The third-order valence-electron chi connectivity index (χ3n) is 2.14. The predicted octanol–water partition coefficient (Wildman–Crippen LogP) is -0.0902. The average Bonchev–Trinajstić information content (AvgIpc) is 2.28. The number of anilines is 3. The number of hydrogen-bond donors (Lipinski definition) is 4. The number of methoxy groups -OCH3 is 1. The van der Waals surface area contributed by atoms with E-state index < -0.39 is 6.10 Å². The van der Waals surface area contributed by atoms with Crippen LogP contribution in [-0.4, -0.2) is 48.5 Å². The number of hydrogen-bond acceptors (Lipinski definition) is 7. The number of nitrogen functional groups attached to an aromatic ring is 1. The van der Waals surface area contributed by atoms with Gasteiger partial charge in [-0.15, -0.1) is 0 Å². The molecular formula is C10H19N5O2. The van der Waals surface area contributed by atoms with Crippen molar-refractivity contribution >= 4 is 17.6 Å². The molecule has 0 aromatic carbocycles. The van der Waals surface area contributed by atoms with Gasteiger partial charge in [0.2, 0.25) is 5.95 Å². The second-order valence-corrected chi connectivity index (χ2v) is 3.57. The molecule has 0 fully saturated rings. The number of nitrogens with two attached hydrogens (primary N) is 1. The lowest BCUT2D eigenvalue weighted by molar-refractivity contribution is 0.0615. The van der Waals surface area contributed by atoms with Crippen LogP contribution in [0, 0.1) is 0 Å². The maximum absolute atomic E-state index is 9.45. The molecule has 5 N–H and O–H groups in total. The van der Waals surface area contributed by atoms with Crippen LogP contribution in [-0.2, 0) is 4.74 Å². The van der Waals surface area contributed by atoms with E-state index in [1.807, 2.05) is 0 Å². The number of nitrogens with zero attached hydrogens (tertiary/aromatic N) is 2. The summed E-state index contributed by atoms with van der Waals surface area (Å²) in [5.41, 5.74) is 5.54. The van der Waals surface area contributed by atoms with Crippen LogP contribution in [0.3, 0.4) is 0 Å². The van der Waals surface area contributed by atoms with Gasteiger partial charge in [-0.25, -0.2) is 0 Å². The van der Waals surface area contributed by atoms with Crippen LogP contribution in [0.4, 0.5) is 17.6 Å². The molecule has 0 spiro atoms. The zero-order chi connectivity index (χ0) is 12.7. The molecule has 1 heterocycles. The largest absolute Gasteiger partial charge is 0.391 e. The molecule has 7 heteroatoms. The van der Waals surface area contributed by atoms with Crippen molar-refractivity contribution in [1.82, 2.24) is 9.97 Å². The molecule has 0 aliphatic rings. The Balaban J connectivity index is 2.43. The normalized spacial score (nSPS) is 12.2. The van der Waals surface area contributed by atoms with Gasteiger partial charge in [0.1, 0.15) is 11.6 Å². The Hall–Kier alpha value is -1.60. The third-order valence-corrected chi connectivity index (χ3v) is 2.14. The molecule has 96 valence electrons. The van der Waals surface area contributed by atoms with Crippen LogP contribution in [0.25, 0.3) is 0 Å². The minimum atomic E-state index is -0.476. The highest BCUT2D eigenvalue weighted by Gasteiger charge is 2.04. The number of ether oxygens (including phenoxy) is 1. The van der Waals surface area contributed by atoms with E-state index in [4.69, 9.17) is 10.5 Å². The number of nitrogens with one attached hydrogen (secondary N) is 2. The molecule has 0 aliphatic heterocycles. The van der Waals surface area contributed by atoms with Crippen LogP contribution < -0.4 is 16.4 Å². The summed E-state index contributed by atoms with van der Waals surface area (Å²) in [6.07, 6.45) is 0.0996. The van der Waals surface area contributed by atoms with Crippen LogP contribution in [0.15, 0.2) is 6.07 Å². The Morgan fingerprint density at radius 1 is 1.47 bits per heavy atom. The third kappa shape index (κ3) is 4.83. The van der Waals surface area contributed by atoms with Crippen molar-refractivity contribution in [2.45, 2.75) is 12.5 Å². The monoisotopic (exact) mass is 241 g/mol. The zero-order valence-corrected chi connectivity index (χ0v) is 10.1. The molecule has 1 unspecified atom stereocenters. The van der Waals surface area contributed by atoms with Crippen molar-refractivity contribution in [2.75, 3.05) is 43.7 Å². The standard InChI is InChI=1S/C10H19N5O2/c1-12-8-5-9(15-10(11)14-8)13-4-3-7(16)6-17-2/h5,7,16H,3-4,6H2,1-2H3,(H4,11,12,13,14,15). The minimum Gasteiger partial charge on any atom is -0.391 e. The Morgan fingerprint density at radius 2 is 2.18 bits per heavy atom. The minimum absolute atomic E-state index is 0.205. The first-order valence-corrected chi connectivity index (χ1v) is 5.39. The Morgan fingerprint density at radius 3 is 2.82 bits per heavy atom. The molecule has 0 aliphatic carbocycles. The topological polar surface area (TPSA) is 105 Å². The predicted molar refractivity (Wildman–Crippen MR) is 67.0 cm³/mol. The molecule has 7 nitrogen and oxygen atoms in total. The molecule has 1 aromatic heterocycles. The molecule has 0 saturated carbocycles. The maximum atomic E-state index is 9.45. The van der Waals surface area contributed by atoms with E-state index in [9.17, 15) is 5.11 Å². The van der Waals surface area contributed by atoms with Crippen molar-refractivity contribution in [3.63, 3.8) is 0 Å². The van der Waals surface area contributed by atoms with Gasteiger partial charge in [0, 0.05) is 26.8 Å². The van der Waals surface area contributed by atoms with Crippen molar-refractivity contribution in [1.29, 1.82) is 0 Å². The maximum Gasteiger partial charge on any atom is 0.223 e. The highest BCUT2D eigenvalue weighted by Crippen LogP contribution is 2.11. The lowest BCUT2D eigenvalue weighted by Gasteiger charge is -2.11. The van der Waals surface area contributed by atoms with E-state index in [2.05, 4.69) is 20.6 Å². The molecule has 1 aromatic rings. The first-order chi connectivity index (χ1) is 8.15. The van der Waals surface area contributed by atoms with Gasteiger partial charge in [-0.05, 0) is 6.42 Å². The SMILES string of the molecule is CNc1cc(NCCC(O)COC)nc(N)n1. The van der Waals surface area contributed by atoms with Crippen LogP contribution >= 0.6 is 0 Å². The van der Waals surface area contributed by atoms with E-state index in [-0.39, 0.29) is 5.95 Å². The number of rotatable bonds is 7. The van der Waals surface area contributed by atoms with Crippen molar-refractivity contribution in [2.24, 2.45) is 0 Å². The zero-order valence-electron chi connectivity index (χ0n) is 10.1. The van der Waals surface area contributed by atoms with Gasteiger partial charge in [-0.3, -0.25) is 0 Å². The number of aromatic nitrogens is 2. The molecule has 0 amide bonds. The highest BCUT2D eigenvalue weighted by molar-refractivity contribution is 5.50. The Bertz CT molecular complexity index is 347. The summed E-state index contributed by atoms with van der Waals surface area (Å²) >= 11 is 0. The van der Waals surface area contributed by atoms with E-state index in [0.717, 1.165) is 0 Å². The van der Waals surface area contributed by atoms with Gasteiger partial charge in [0.25, 0.3) is 0 Å². The van der Waals surface area contributed by atoms with Crippen molar-refractivity contribution in [3.05, 3.63) is 6.07 Å². The van der Waals surface area contributed by atoms with E-state index in [1.165, 1.54) is 0 Å². The van der Waals surface area contributed by atoms with Gasteiger partial charge in [-0.1, -0.05) is 0 Å². The fourth-order valence-electron chi connectivity index (χ4n) is 1.33. The van der Waals surface area contributed by atoms with Gasteiger partial charge in [-0.2, -0.15) is 9.97 Å². The summed E-state index contributed by atoms with van der Waals surface area (Å²) in [5, 5.41) is 15.4. The summed E-state index contributed by atoms with van der Waals surface area (Å²) in [7, 11) is 3.31. The molecule has 0 saturated heterocycles. The molecule has 1 rings (SSSR count). The quantitative estimate of drug-likeness (QED) is 0.528. The lowest BCUT2D eigenvalue weighted by atomic mass is 10.2. The first kappa shape index (κ1) is 13.5. The summed E-state index contributed by atoms with van der Waals surface area (Å²) in [5.74, 6) is 1.49. The number of aliphatic hydroxyl groups excluding tert-OH is 1. The van der Waals surface area contributed by atoms with Gasteiger partial charge in [0.05, 0.1) is 12.7 Å².